The molecule has 1 saturated heterocycles. The van der Waals surface area contributed by atoms with Gasteiger partial charge < -0.3 is 4.90 Å². The van der Waals surface area contributed by atoms with E-state index in [4.69, 9.17) is 0 Å². The number of thioether (sulfide) groups is 1. The molecule has 0 spiro atoms. The van der Waals surface area contributed by atoms with E-state index >= 15 is 0 Å². The van der Waals surface area contributed by atoms with E-state index in [1.807, 2.05) is 41.4 Å². The Hall–Kier alpha value is -2.67. The summed E-state index contributed by atoms with van der Waals surface area (Å²) >= 11 is 1.56. The van der Waals surface area contributed by atoms with Crippen LogP contribution in [0.1, 0.15) is 22.2 Å². The van der Waals surface area contributed by atoms with Gasteiger partial charge in [-0.3, -0.25) is 4.79 Å². The summed E-state index contributed by atoms with van der Waals surface area (Å²) in [5.74, 6) is 0.296. The van der Waals surface area contributed by atoms with Gasteiger partial charge in [0.2, 0.25) is 5.91 Å². The number of carbonyl (C=O) groups excluding carboxylic acids is 1. The standard InChI is InChI=1S/C19H17FN4OS/c20-16-8-6-15(7-9-16)10-23-12-17(21-22-23)19-24(18(25)13-26-19)11-14-4-2-1-3-5-14/h1-9,12,19H,10-11,13H2. The maximum Gasteiger partial charge on any atom is 0.234 e. The van der Waals surface area contributed by atoms with Crippen LogP contribution in [0.3, 0.4) is 0 Å². The third-order valence-electron chi connectivity index (χ3n) is 4.23. The molecule has 0 radical (unpaired) electrons. The summed E-state index contributed by atoms with van der Waals surface area (Å²) in [4.78, 5) is 14.1. The summed E-state index contributed by atoms with van der Waals surface area (Å²) in [5.41, 5.74) is 2.80. The molecule has 4 rings (SSSR count). The van der Waals surface area contributed by atoms with Crippen LogP contribution in [0.4, 0.5) is 4.39 Å². The second-order valence-electron chi connectivity index (χ2n) is 6.14. The number of rotatable bonds is 5. The first-order valence-corrected chi connectivity index (χ1v) is 9.33. The lowest BCUT2D eigenvalue weighted by molar-refractivity contribution is -0.128. The number of hydrogen-bond donors (Lipinski definition) is 0. The Morgan fingerprint density at radius 3 is 2.54 bits per heavy atom. The van der Waals surface area contributed by atoms with Gasteiger partial charge in [0, 0.05) is 6.54 Å². The Bertz CT molecular complexity index is 897. The molecule has 7 heteroatoms. The average Bonchev–Trinajstić information content (AvgIpc) is 3.25. The smallest absolute Gasteiger partial charge is 0.234 e. The first-order valence-electron chi connectivity index (χ1n) is 8.28. The number of amides is 1. The molecule has 0 aliphatic carbocycles. The van der Waals surface area contributed by atoms with Crippen molar-refractivity contribution in [2.24, 2.45) is 0 Å². The van der Waals surface area contributed by atoms with Crippen LogP contribution in [0, 0.1) is 5.82 Å². The highest BCUT2D eigenvalue weighted by molar-refractivity contribution is 8.00. The predicted molar refractivity (Wildman–Crippen MR) is 97.7 cm³/mol. The van der Waals surface area contributed by atoms with Crippen LogP contribution in [-0.4, -0.2) is 31.6 Å². The van der Waals surface area contributed by atoms with Gasteiger partial charge in [0.1, 0.15) is 16.9 Å². The van der Waals surface area contributed by atoms with E-state index in [1.54, 1.807) is 28.6 Å². The third kappa shape index (κ3) is 3.62. The quantitative estimate of drug-likeness (QED) is 0.694. The summed E-state index contributed by atoms with van der Waals surface area (Å²) in [6.45, 7) is 1.07. The van der Waals surface area contributed by atoms with Crippen molar-refractivity contribution in [2.75, 3.05) is 5.75 Å². The second-order valence-corrected chi connectivity index (χ2v) is 7.21. The number of nitrogens with zero attached hydrogens (tertiary/aromatic N) is 4. The molecule has 1 atom stereocenters. The van der Waals surface area contributed by atoms with Gasteiger partial charge in [0.25, 0.3) is 0 Å². The molecule has 5 nitrogen and oxygen atoms in total. The summed E-state index contributed by atoms with van der Waals surface area (Å²) in [7, 11) is 0. The largest absolute Gasteiger partial charge is 0.320 e. The van der Waals surface area contributed by atoms with Crippen LogP contribution in [0.25, 0.3) is 0 Å². The zero-order valence-electron chi connectivity index (χ0n) is 14.0. The van der Waals surface area contributed by atoms with Crippen molar-refractivity contribution in [1.29, 1.82) is 0 Å². The minimum atomic E-state index is -0.259. The fraction of sp³-hybridized carbons (Fsp3) is 0.211. The third-order valence-corrected chi connectivity index (χ3v) is 5.46. The van der Waals surface area contributed by atoms with Crippen molar-refractivity contribution < 1.29 is 9.18 Å². The summed E-state index contributed by atoms with van der Waals surface area (Å²) < 4.78 is 14.7. The highest BCUT2D eigenvalue weighted by Gasteiger charge is 2.34. The van der Waals surface area contributed by atoms with E-state index in [-0.39, 0.29) is 17.1 Å². The zero-order chi connectivity index (χ0) is 17.9. The van der Waals surface area contributed by atoms with Crippen LogP contribution in [-0.2, 0) is 17.9 Å². The van der Waals surface area contributed by atoms with Crippen molar-refractivity contribution in [3.05, 3.63) is 83.4 Å². The van der Waals surface area contributed by atoms with E-state index < -0.39 is 0 Å². The number of carbonyl (C=O) groups is 1. The second kappa shape index (κ2) is 7.29. The molecule has 1 unspecified atom stereocenters. The van der Waals surface area contributed by atoms with Gasteiger partial charge in [-0.15, -0.1) is 16.9 Å². The summed E-state index contributed by atoms with van der Waals surface area (Å²) in [6.07, 6.45) is 1.86. The van der Waals surface area contributed by atoms with Crippen molar-refractivity contribution in [2.45, 2.75) is 18.5 Å². The summed E-state index contributed by atoms with van der Waals surface area (Å²) in [5, 5.41) is 8.29. The molecule has 132 valence electrons. The minimum absolute atomic E-state index is 0.108. The molecule has 1 aromatic heterocycles. The van der Waals surface area contributed by atoms with Gasteiger partial charge in [-0.2, -0.15) is 0 Å². The highest BCUT2D eigenvalue weighted by atomic mass is 32.2. The topological polar surface area (TPSA) is 51.0 Å². The lowest BCUT2D eigenvalue weighted by Gasteiger charge is -2.22. The van der Waals surface area contributed by atoms with Crippen LogP contribution in [0.2, 0.25) is 0 Å². The molecule has 26 heavy (non-hydrogen) atoms. The molecule has 1 aliphatic heterocycles. The number of benzene rings is 2. The fourth-order valence-corrected chi connectivity index (χ4v) is 4.05. The first kappa shape index (κ1) is 16.8. The van der Waals surface area contributed by atoms with Gasteiger partial charge in [-0.25, -0.2) is 9.07 Å². The van der Waals surface area contributed by atoms with Gasteiger partial charge in [0.15, 0.2) is 0 Å². The summed E-state index contributed by atoms with van der Waals surface area (Å²) in [6, 6.07) is 16.2. The normalized spacial score (nSPS) is 17.0. The Labute approximate surface area is 154 Å². The maximum absolute atomic E-state index is 13.0. The van der Waals surface area contributed by atoms with Crippen molar-refractivity contribution in [1.82, 2.24) is 19.9 Å². The molecule has 0 N–H and O–H groups in total. The number of hydrogen-bond acceptors (Lipinski definition) is 4. The van der Waals surface area contributed by atoms with E-state index in [0.29, 0.717) is 18.8 Å². The van der Waals surface area contributed by atoms with Gasteiger partial charge in [-0.1, -0.05) is 47.7 Å². The molecular weight excluding hydrogens is 351 g/mol. The molecule has 1 fully saturated rings. The Morgan fingerprint density at radius 2 is 1.77 bits per heavy atom. The average molecular weight is 368 g/mol. The molecule has 1 aliphatic rings. The Balaban J connectivity index is 1.50. The predicted octanol–water partition coefficient (Wildman–Crippen LogP) is 3.24. The molecule has 2 aromatic carbocycles. The lowest BCUT2D eigenvalue weighted by Crippen LogP contribution is -2.27. The lowest BCUT2D eigenvalue weighted by atomic mass is 10.2. The van der Waals surface area contributed by atoms with Crippen LogP contribution in [0.15, 0.2) is 60.8 Å². The van der Waals surface area contributed by atoms with Crippen LogP contribution in [0.5, 0.6) is 0 Å². The van der Waals surface area contributed by atoms with Crippen molar-refractivity contribution >= 4 is 17.7 Å². The van der Waals surface area contributed by atoms with Gasteiger partial charge in [0.05, 0.1) is 18.5 Å². The molecule has 2 heterocycles. The van der Waals surface area contributed by atoms with Crippen LogP contribution >= 0.6 is 11.8 Å². The molecule has 1 amide bonds. The first-order chi connectivity index (χ1) is 12.7. The van der Waals surface area contributed by atoms with E-state index in [2.05, 4.69) is 10.3 Å². The molecule has 3 aromatic rings. The maximum atomic E-state index is 13.0. The minimum Gasteiger partial charge on any atom is -0.320 e. The van der Waals surface area contributed by atoms with Gasteiger partial charge >= 0.3 is 0 Å². The molecular formula is C19H17FN4OS. The molecule has 0 saturated carbocycles. The number of aromatic nitrogens is 3. The van der Waals surface area contributed by atoms with E-state index in [0.717, 1.165) is 16.8 Å². The van der Waals surface area contributed by atoms with E-state index in [1.165, 1.54) is 12.1 Å². The number of halogens is 1. The zero-order valence-corrected chi connectivity index (χ0v) is 14.8. The van der Waals surface area contributed by atoms with Crippen molar-refractivity contribution in [3.8, 4) is 0 Å². The highest BCUT2D eigenvalue weighted by Crippen LogP contribution is 2.38. The van der Waals surface area contributed by atoms with E-state index in [9.17, 15) is 9.18 Å². The SMILES string of the molecule is O=C1CSC(c2cn(Cc3ccc(F)cc3)nn2)N1Cc1ccccc1. The fourth-order valence-electron chi connectivity index (χ4n) is 2.93. The Morgan fingerprint density at radius 1 is 1.04 bits per heavy atom. The van der Waals surface area contributed by atoms with Crippen molar-refractivity contribution in [3.63, 3.8) is 0 Å². The Kier molecular flexibility index (Phi) is 4.71. The van der Waals surface area contributed by atoms with Crippen LogP contribution < -0.4 is 0 Å². The molecule has 0 bridgehead atoms. The monoisotopic (exact) mass is 368 g/mol. The van der Waals surface area contributed by atoms with Gasteiger partial charge in [-0.05, 0) is 23.3 Å².